The smallest absolute Gasteiger partial charge is 0.149 e. The van der Waals surface area contributed by atoms with Gasteiger partial charge in [-0.05, 0) is 37.4 Å². The Morgan fingerprint density at radius 1 is 1.47 bits per heavy atom. The Labute approximate surface area is 106 Å². The van der Waals surface area contributed by atoms with Crippen LogP contribution in [0.15, 0.2) is 17.8 Å². The molecule has 2 aromatic heterocycles. The Kier molecular flexibility index (Phi) is 3.91. The van der Waals surface area contributed by atoms with Crippen molar-refractivity contribution in [3.8, 4) is 0 Å². The lowest BCUT2D eigenvalue weighted by atomic mass is 10.1. The second kappa shape index (κ2) is 5.42. The van der Waals surface area contributed by atoms with E-state index in [4.69, 9.17) is 0 Å². The molecule has 1 atom stereocenters. The first-order valence-corrected chi connectivity index (χ1v) is 6.81. The fraction of sp³-hybridized carbons (Fsp3) is 0.500. The van der Waals surface area contributed by atoms with Crippen molar-refractivity contribution in [2.45, 2.75) is 33.4 Å². The zero-order valence-electron chi connectivity index (χ0n) is 10.5. The average molecular weight is 250 g/mol. The van der Waals surface area contributed by atoms with Crippen LogP contribution in [0.4, 0.5) is 0 Å². The van der Waals surface area contributed by atoms with Gasteiger partial charge in [-0.3, -0.25) is 0 Å². The summed E-state index contributed by atoms with van der Waals surface area (Å²) in [6.07, 6.45) is 1.63. The molecule has 0 amide bonds. The minimum absolute atomic E-state index is 0.155. The molecule has 92 valence electrons. The summed E-state index contributed by atoms with van der Waals surface area (Å²) in [5.41, 5.74) is 1.31. The van der Waals surface area contributed by atoms with Crippen LogP contribution in [0.5, 0.6) is 0 Å². The summed E-state index contributed by atoms with van der Waals surface area (Å²) in [5.74, 6) is 1.000. The fourth-order valence-electron chi connectivity index (χ4n) is 1.93. The average Bonchev–Trinajstić information content (AvgIpc) is 2.94. The fourth-order valence-corrected chi connectivity index (χ4v) is 2.92. The molecular weight excluding hydrogens is 232 g/mol. The molecule has 0 radical (unpaired) electrons. The van der Waals surface area contributed by atoms with Crippen LogP contribution in [-0.2, 0) is 6.54 Å². The Bertz CT molecular complexity index is 474. The van der Waals surface area contributed by atoms with Gasteiger partial charge in [-0.15, -0.1) is 11.3 Å². The lowest BCUT2D eigenvalue weighted by Crippen LogP contribution is -2.25. The van der Waals surface area contributed by atoms with Crippen molar-refractivity contribution >= 4 is 11.3 Å². The predicted molar refractivity (Wildman–Crippen MR) is 70.3 cm³/mol. The summed E-state index contributed by atoms with van der Waals surface area (Å²) < 4.78 is 1.95. The number of nitrogens with zero attached hydrogens (tertiary/aromatic N) is 3. The summed E-state index contributed by atoms with van der Waals surface area (Å²) in [7, 11) is 0. The first-order valence-electron chi connectivity index (χ1n) is 5.93. The maximum atomic E-state index is 4.40. The highest BCUT2D eigenvalue weighted by Crippen LogP contribution is 2.28. The van der Waals surface area contributed by atoms with Crippen molar-refractivity contribution in [1.82, 2.24) is 20.1 Å². The third kappa shape index (κ3) is 2.40. The highest BCUT2D eigenvalue weighted by Gasteiger charge is 2.21. The second-order valence-electron chi connectivity index (χ2n) is 3.89. The number of hydrogen-bond acceptors (Lipinski definition) is 4. The Morgan fingerprint density at radius 3 is 2.88 bits per heavy atom. The molecule has 2 rings (SSSR count). The molecule has 2 heterocycles. The molecule has 0 saturated heterocycles. The first-order chi connectivity index (χ1) is 8.27. The maximum Gasteiger partial charge on any atom is 0.149 e. The van der Waals surface area contributed by atoms with Crippen LogP contribution in [0.25, 0.3) is 0 Å². The monoisotopic (exact) mass is 250 g/mol. The van der Waals surface area contributed by atoms with Gasteiger partial charge in [-0.2, -0.15) is 5.10 Å². The number of rotatable bonds is 5. The van der Waals surface area contributed by atoms with Crippen LogP contribution in [0.1, 0.15) is 36.2 Å². The number of thiophene rings is 1. The van der Waals surface area contributed by atoms with Gasteiger partial charge in [0.1, 0.15) is 18.2 Å². The van der Waals surface area contributed by atoms with Crippen molar-refractivity contribution in [2.75, 3.05) is 6.54 Å². The highest BCUT2D eigenvalue weighted by molar-refractivity contribution is 7.10. The molecule has 0 aliphatic heterocycles. The van der Waals surface area contributed by atoms with Crippen LogP contribution >= 0.6 is 11.3 Å². The van der Waals surface area contributed by atoms with Crippen molar-refractivity contribution in [3.05, 3.63) is 34.0 Å². The van der Waals surface area contributed by atoms with Crippen molar-refractivity contribution in [1.29, 1.82) is 0 Å². The van der Waals surface area contributed by atoms with Crippen molar-refractivity contribution in [2.24, 2.45) is 0 Å². The van der Waals surface area contributed by atoms with Gasteiger partial charge in [0.05, 0.1) is 0 Å². The summed E-state index contributed by atoms with van der Waals surface area (Å²) in [6, 6.07) is 2.30. The molecule has 5 heteroatoms. The van der Waals surface area contributed by atoms with Crippen molar-refractivity contribution < 1.29 is 0 Å². The first kappa shape index (κ1) is 12.3. The van der Waals surface area contributed by atoms with Gasteiger partial charge in [0.15, 0.2) is 0 Å². The Hall–Kier alpha value is -1.20. The summed E-state index contributed by atoms with van der Waals surface area (Å²) in [6.45, 7) is 8.11. The lowest BCUT2D eigenvalue weighted by molar-refractivity contribution is 0.535. The molecule has 0 aliphatic rings. The van der Waals surface area contributed by atoms with Gasteiger partial charge in [-0.25, -0.2) is 9.67 Å². The minimum atomic E-state index is 0.155. The van der Waals surface area contributed by atoms with Gasteiger partial charge >= 0.3 is 0 Å². The number of aryl methyl sites for hydroxylation is 2. The topological polar surface area (TPSA) is 42.7 Å². The van der Waals surface area contributed by atoms with E-state index in [-0.39, 0.29) is 6.04 Å². The molecule has 0 aliphatic carbocycles. The summed E-state index contributed by atoms with van der Waals surface area (Å²) in [5, 5.41) is 9.86. The van der Waals surface area contributed by atoms with E-state index in [9.17, 15) is 0 Å². The van der Waals surface area contributed by atoms with E-state index in [1.807, 2.05) is 4.68 Å². The van der Waals surface area contributed by atoms with Gasteiger partial charge in [0.25, 0.3) is 0 Å². The molecule has 0 fully saturated rings. The maximum absolute atomic E-state index is 4.40. The highest BCUT2D eigenvalue weighted by atomic mass is 32.1. The van der Waals surface area contributed by atoms with E-state index < -0.39 is 0 Å². The number of nitrogens with one attached hydrogen (secondary N) is 1. The van der Waals surface area contributed by atoms with Gasteiger partial charge < -0.3 is 5.32 Å². The number of hydrogen-bond donors (Lipinski definition) is 1. The van der Waals surface area contributed by atoms with E-state index in [2.05, 4.69) is 47.6 Å². The molecule has 0 spiro atoms. The third-order valence-electron chi connectivity index (χ3n) is 2.78. The quantitative estimate of drug-likeness (QED) is 0.886. The van der Waals surface area contributed by atoms with E-state index in [0.717, 1.165) is 18.9 Å². The molecule has 1 unspecified atom stereocenters. The molecule has 0 aromatic carbocycles. The second-order valence-corrected chi connectivity index (χ2v) is 4.84. The molecule has 4 nitrogen and oxygen atoms in total. The molecule has 0 saturated carbocycles. The van der Waals surface area contributed by atoms with Gasteiger partial charge in [0.2, 0.25) is 0 Å². The van der Waals surface area contributed by atoms with Crippen LogP contribution in [0.2, 0.25) is 0 Å². The van der Waals surface area contributed by atoms with E-state index in [1.165, 1.54) is 10.4 Å². The van der Waals surface area contributed by atoms with E-state index in [0.29, 0.717) is 0 Å². The zero-order valence-corrected chi connectivity index (χ0v) is 11.3. The molecule has 2 aromatic rings. The Morgan fingerprint density at radius 2 is 2.29 bits per heavy atom. The molecule has 1 N–H and O–H groups in total. The zero-order chi connectivity index (χ0) is 12.3. The predicted octanol–water partition coefficient (Wildman–Crippen LogP) is 2.37. The molecule has 0 bridgehead atoms. The minimum Gasteiger partial charge on any atom is -0.303 e. The SMILES string of the molecule is CCNC(c1sccc1C)c1ncnn1CC. The van der Waals surface area contributed by atoms with Crippen LogP contribution in [-0.4, -0.2) is 21.3 Å². The standard InChI is InChI=1S/C12H18N4S/c1-4-13-10(11-9(3)6-7-17-11)12-14-8-15-16(12)5-2/h6-8,10,13H,4-5H2,1-3H3. The van der Waals surface area contributed by atoms with Gasteiger partial charge in [0, 0.05) is 11.4 Å². The third-order valence-corrected chi connectivity index (χ3v) is 3.86. The van der Waals surface area contributed by atoms with Crippen LogP contribution < -0.4 is 5.32 Å². The molecule has 17 heavy (non-hydrogen) atoms. The molecular formula is C12H18N4S. The number of aromatic nitrogens is 3. The summed E-state index contributed by atoms with van der Waals surface area (Å²) >= 11 is 1.77. The summed E-state index contributed by atoms with van der Waals surface area (Å²) in [4.78, 5) is 5.73. The van der Waals surface area contributed by atoms with E-state index >= 15 is 0 Å². The van der Waals surface area contributed by atoms with Gasteiger partial charge in [-0.1, -0.05) is 6.92 Å². The Balaban J connectivity index is 2.39. The van der Waals surface area contributed by atoms with Crippen molar-refractivity contribution in [3.63, 3.8) is 0 Å². The largest absolute Gasteiger partial charge is 0.303 e. The van der Waals surface area contributed by atoms with E-state index in [1.54, 1.807) is 17.7 Å². The normalized spacial score (nSPS) is 12.9. The van der Waals surface area contributed by atoms with Crippen LogP contribution in [0.3, 0.4) is 0 Å². The lowest BCUT2D eigenvalue weighted by Gasteiger charge is -2.17. The van der Waals surface area contributed by atoms with Crippen LogP contribution in [0, 0.1) is 6.92 Å².